The second kappa shape index (κ2) is 38.7. The molecule has 11 aliphatic heterocycles. The summed E-state index contributed by atoms with van der Waals surface area (Å²) in [5.74, 6) is 4.39. The highest BCUT2D eigenvalue weighted by Crippen LogP contribution is 2.42. The van der Waals surface area contributed by atoms with E-state index in [1.807, 2.05) is 83.5 Å². The first kappa shape index (κ1) is 92.5. The number of pyridine rings is 5. The Kier molecular flexibility index (Phi) is 27.3. The molecular formula is C93H109Cl5N30O3. The normalized spacial score (nSPS) is 19.6. The van der Waals surface area contributed by atoms with E-state index in [1.54, 1.807) is 43.4 Å². The number of aliphatic hydroxyl groups is 2. The van der Waals surface area contributed by atoms with Gasteiger partial charge in [-0.25, -0.2) is 49.8 Å². The third-order valence-electron chi connectivity index (χ3n) is 27.1. The molecule has 0 aromatic carbocycles. The van der Waals surface area contributed by atoms with Crippen molar-refractivity contribution in [1.82, 2.24) is 74.8 Å². The van der Waals surface area contributed by atoms with Crippen LogP contribution in [0.1, 0.15) is 191 Å². The number of aliphatic imine (C=N–C) groups is 5. The van der Waals surface area contributed by atoms with E-state index in [2.05, 4.69) is 108 Å². The number of hydrogen-bond acceptors (Lipinski definition) is 33. The molecule has 38 heteroatoms. The lowest BCUT2D eigenvalue weighted by Crippen LogP contribution is -2.53. The van der Waals surface area contributed by atoms with Gasteiger partial charge in [0.2, 0.25) is 0 Å². The molecule has 33 nitrogen and oxygen atoms in total. The number of halogens is 5. The molecule has 684 valence electrons. The number of piperidine rings is 5. The van der Waals surface area contributed by atoms with Gasteiger partial charge in [-0.15, -0.1) is 0 Å². The van der Waals surface area contributed by atoms with Crippen LogP contribution < -0.4 is 53.2 Å². The topological polar surface area (TPSA) is 451 Å². The van der Waals surface area contributed by atoms with Crippen molar-refractivity contribution in [1.29, 1.82) is 0 Å². The number of anilines is 5. The van der Waals surface area contributed by atoms with E-state index < -0.39 is 11.1 Å². The van der Waals surface area contributed by atoms with Crippen LogP contribution in [-0.4, -0.2) is 235 Å². The summed E-state index contributed by atoms with van der Waals surface area (Å²) >= 11 is 32.0. The van der Waals surface area contributed by atoms with Crippen LogP contribution >= 0.6 is 58.0 Å². The molecule has 0 bridgehead atoms. The van der Waals surface area contributed by atoms with Crippen molar-refractivity contribution in [2.45, 2.75) is 168 Å². The number of aryl methyl sites for hydroxylation is 5. The minimum absolute atomic E-state index is 0.0139. The minimum Gasteiger partial charge on any atom is -0.394 e. The molecule has 21 heterocycles. The van der Waals surface area contributed by atoms with Gasteiger partial charge in [-0.1, -0.05) is 64.9 Å². The first-order valence-electron chi connectivity index (χ1n) is 44.5. The molecule has 0 saturated carbocycles. The van der Waals surface area contributed by atoms with Gasteiger partial charge in [-0.3, -0.25) is 49.9 Å². The summed E-state index contributed by atoms with van der Waals surface area (Å²) in [7, 11) is 0. The molecule has 12 N–H and O–H groups in total. The third kappa shape index (κ3) is 19.6. The number of nitrogens with two attached hydrogens (primary N) is 5. The monoisotopic (exact) mass is 1870 g/mol. The fraction of sp³-hybridized carbons (Fsp3) is 0.462. The Morgan fingerprint density at radius 1 is 0.397 bits per heavy atom. The molecule has 0 aliphatic carbocycles. The zero-order chi connectivity index (χ0) is 91.8. The van der Waals surface area contributed by atoms with Gasteiger partial charge in [-0.2, -0.15) is 0 Å². The SMILES string of the molecule is Cc1cc(C2=NCc3nc(N4CCC(C)(CN)CC4)cnc32)c(Cl)cn1.Cc1nccc(C2=NCc3nc(N4CCC(C)(N)CC4)cnc32)c1Cl.Cc1nccc(C2=NCc3nc(N4CCC(N)(CO)CC4)cnc32)c1Cl.Cc1nccc(C2=NCc3nc(N4CCC(O)(CN)CC4)cnc32)c1Cl.Cc1nccc(C2=NCc3nc(N4CCC5(CC4)COC[C@H]5N)cnc32)c1Cl. The van der Waals surface area contributed by atoms with Gasteiger partial charge in [0.05, 0.1) is 194 Å². The number of aromatic nitrogens is 15. The first-order valence-corrected chi connectivity index (χ1v) is 46.4. The maximum absolute atomic E-state index is 10.3. The van der Waals surface area contributed by atoms with Crippen LogP contribution in [0, 0.1) is 45.4 Å². The highest BCUT2D eigenvalue weighted by molar-refractivity contribution is 6.38. The largest absolute Gasteiger partial charge is 0.394 e. The second-order valence-electron chi connectivity index (χ2n) is 36.3. The third-order valence-corrected chi connectivity index (χ3v) is 29.3. The van der Waals surface area contributed by atoms with E-state index >= 15 is 0 Å². The number of fused-ring (bicyclic) bond motifs is 5. The van der Waals surface area contributed by atoms with E-state index in [0.717, 1.165) is 288 Å². The van der Waals surface area contributed by atoms with Gasteiger partial charge in [0.25, 0.3) is 0 Å². The molecule has 10 aromatic rings. The summed E-state index contributed by atoms with van der Waals surface area (Å²) in [5, 5.41) is 22.7. The lowest BCUT2D eigenvalue weighted by molar-refractivity contribution is 0.0248. The quantitative estimate of drug-likeness (QED) is 0.0564. The zero-order valence-corrected chi connectivity index (χ0v) is 78.5. The minimum atomic E-state index is -0.757. The summed E-state index contributed by atoms with van der Waals surface area (Å²) < 4.78 is 5.62. The van der Waals surface area contributed by atoms with Gasteiger partial charge >= 0.3 is 0 Å². The summed E-state index contributed by atoms with van der Waals surface area (Å²) in [6.07, 6.45) is 26.6. The Hall–Kier alpha value is -10.4. The number of hydrogen-bond donors (Lipinski definition) is 7. The van der Waals surface area contributed by atoms with Gasteiger partial charge in [0, 0.05) is 159 Å². The fourth-order valence-corrected chi connectivity index (χ4v) is 19.0. The van der Waals surface area contributed by atoms with Gasteiger partial charge in [0.15, 0.2) is 0 Å². The van der Waals surface area contributed by atoms with Crippen molar-refractivity contribution in [3.05, 3.63) is 231 Å². The van der Waals surface area contributed by atoms with Gasteiger partial charge in [0.1, 0.15) is 57.6 Å². The highest BCUT2D eigenvalue weighted by Gasteiger charge is 2.45. The van der Waals surface area contributed by atoms with E-state index in [9.17, 15) is 10.2 Å². The van der Waals surface area contributed by atoms with Crippen molar-refractivity contribution in [3.8, 4) is 0 Å². The predicted octanol–water partition coefficient (Wildman–Crippen LogP) is 10.3. The molecular weight excluding hydrogens is 1760 g/mol. The predicted molar refractivity (Wildman–Crippen MR) is 513 cm³/mol. The average molecular weight is 1870 g/mol. The van der Waals surface area contributed by atoms with Crippen LogP contribution in [0.3, 0.4) is 0 Å². The number of nitrogens with zero attached hydrogens (tertiary/aromatic N) is 25. The molecule has 1 atom stereocenters. The first-order chi connectivity index (χ1) is 63.0. The van der Waals surface area contributed by atoms with Crippen LogP contribution in [0.5, 0.6) is 0 Å². The summed E-state index contributed by atoms with van der Waals surface area (Å²) in [5.41, 5.74) is 50.0. The summed E-state index contributed by atoms with van der Waals surface area (Å²) in [4.78, 5) is 103. The molecule has 21 rings (SSSR count). The van der Waals surface area contributed by atoms with E-state index in [0.29, 0.717) is 96.9 Å². The van der Waals surface area contributed by atoms with Gasteiger partial charge in [-0.05, 0) is 148 Å². The van der Waals surface area contributed by atoms with Crippen molar-refractivity contribution >= 4 is 116 Å². The average Bonchev–Trinajstić information content (AvgIpc) is 1.77. The van der Waals surface area contributed by atoms with E-state index in [-0.39, 0.29) is 29.0 Å². The lowest BCUT2D eigenvalue weighted by Gasteiger charge is -2.41. The number of ether oxygens (including phenoxy) is 1. The maximum Gasteiger partial charge on any atom is 0.147 e. The van der Waals surface area contributed by atoms with Crippen LogP contribution in [-0.2, 0) is 37.5 Å². The zero-order valence-electron chi connectivity index (χ0n) is 74.7. The smallest absolute Gasteiger partial charge is 0.147 e. The molecule has 0 unspecified atom stereocenters. The Bertz CT molecular complexity index is 5850. The molecule has 11 aliphatic rings. The number of rotatable bonds is 13. The van der Waals surface area contributed by atoms with Crippen molar-refractivity contribution in [2.75, 3.05) is 123 Å². The molecule has 10 aromatic heterocycles. The Balaban J connectivity index is 0.000000115. The van der Waals surface area contributed by atoms with Crippen molar-refractivity contribution in [2.24, 2.45) is 64.5 Å². The fourth-order valence-electron chi connectivity index (χ4n) is 18.0. The molecule has 0 amide bonds. The van der Waals surface area contributed by atoms with Crippen LogP contribution in [0.25, 0.3) is 0 Å². The highest BCUT2D eigenvalue weighted by atomic mass is 35.5. The molecule has 6 saturated heterocycles. The number of aliphatic hydroxyl groups excluding tert-OH is 1. The van der Waals surface area contributed by atoms with Crippen molar-refractivity contribution in [3.63, 3.8) is 0 Å². The van der Waals surface area contributed by atoms with Crippen LogP contribution in [0.2, 0.25) is 25.1 Å². The Morgan fingerprint density at radius 3 is 1.01 bits per heavy atom. The van der Waals surface area contributed by atoms with Crippen LogP contribution in [0.4, 0.5) is 29.1 Å². The standard InChI is InChI=1S/C20H23ClN6O.C19H23ClN6.2C18H21ClN6O.C18H21ClN6/c1-12-17(21)13(2-5-23-12)18-19-14(8-24-18)26-16(9-25-19)27-6-3-20(4-7-27)11-28-10-15(20)22;1-12-7-13(14(20)8-22-12)17-18-15(9-23-17)25-16(10-24-18)26-5-3-19(2,11-21)4-6-26;1-11-15(19)12(2-5-21-11)16-17-13(8-22-16)24-14(9-23-17)25-6-3-18(20,10-26)4-7-25;1-11-15(19)12(2-5-21-11)16-17-13(8-22-16)24-14(9-23-17)25-6-3-18(26,10-20)4-7-25;1-11-15(19)12(3-6-21-11)16-17-13(9-22-16)24-14(10-23-17)25-7-4-18(2,20)5-8-25/h2,5,9,15H,3-4,6-8,10-11,22H2,1H3;7-8,10H,3-6,9,11,21H2,1-2H3;2*2,5,9,26H,3-4,6-8,10,20H2,1H3;3,6,10H,4-5,7-9,20H2,1-2H3/t15-;;;;/m1..../s1. The Morgan fingerprint density at radius 2 is 0.702 bits per heavy atom. The summed E-state index contributed by atoms with van der Waals surface area (Å²) in [6.45, 7) is 27.4. The molecule has 131 heavy (non-hydrogen) atoms. The summed E-state index contributed by atoms with van der Waals surface area (Å²) in [6, 6.07) is 9.58. The maximum atomic E-state index is 10.3. The van der Waals surface area contributed by atoms with E-state index in [1.165, 1.54) is 0 Å². The van der Waals surface area contributed by atoms with Crippen LogP contribution in [0.15, 0.2) is 117 Å². The molecule has 1 spiro atoms. The second-order valence-corrected chi connectivity index (χ2v) is 38.2. The lowest BCUT2D eigenvalue weighted by atomic mass is 9.75. The Labute approximate surface area is 786 Å². The molecule has 0 radical (unpaired) electrons. The van der Waals surface area contributed by atoms with E-state index in [4.69, 9.17) is 121 Å². The van der Waals surface area contributed by atoms with Gasteiger partial charge < -0.3 is 68.1 Å². The molecule has 6 fully saturated rings. The van der Waals surface area contributed by atoms with Crippen molar-refractivity contribution < 1.29 is 14.9 Å².